The number of hydrogen-bond acceptors (Lipinski definition) is 6. The molecule has 2 aliphatic heterocycles. The first-order valence-corrected chi connectivity index (χ1v) is 15.1. The lowest BCUT2D eigenvalue weighted by Gasteiger charge is -2.28. The summed E-state index contributed by atoms with van der Waals surface area (Å²) < 4.78 is 41.8. The van der Waals surface area contributed by atoms with E-state index in [9.17, 15) is 18.0 Å². The number of benzene rings is 3. The summed E-state index contributed by atoms with van der Waals surface area (Å²) in [7, 11) is -3.87. The summed E-state index contributed by atoms with van der Waals surface area (Å²) in [6.45, 7) is 5.78. The first-order valence-electron chi connectivity index (χ1n) is 13.7. The predicted molar refractivity (Wildman–Crippen MR) is 155 cm³/mol. The van der Waals surface area contributed by atoms with E-state index >= 15 is 0 Å². The number of rotatable bonds is 6. The molecule has 1 atom stereocenters. The topological polar surface area (TPSA) is 107 Å². The van der Waals surface area contributed by atoms with Crippen LogP contribution < -0.4 is 20.2 Å². The molecule has 9 nitrogen and oxygen atoms in total. The molecule has 0 radical (unpaired) electrons. The molecule has 0 aliphatic carbocycles. The minimum atomic E-state index is -3.87. The quantitative estimate of drug-likeness (QED) is 0.373. The number of fused-ring (bicyclic) bond motifs is 3. The van der Waals surface area contributed by atoms with Gasteiger partial charge in [-0.3, -0.25) is 9.59 Å². The maximum absolute atomic E-state index is 13.6. The molecule has 0 unspecified atom stereocenters. The number of pyridine rings is 1. The fourth-order valence-corrected chi connectivity index (χ4v) is 6.92. The molecule has 0 saturated heterocycles. The summed E-state index contributed by atoms with van der Waals surface area (Å²) in [6.07, 6.45) is 2.16. The molecule has 0 spiro atoms. The van der Waals surface area contributed by atoms with Gasteiger partial charge in [0.05, 0.1) is 16.5 Å². The van der Waals surface area contributed by atoms with Crippen molar-refractivity contribution < 1.29 is 22.7 Å². The highest BCUT2D eigenvalue weighted by Gasteiger charge is 2.29. The highest BCUT2D eigenvalue weighted by Crippen LogP contribution is 2.33. The van der Waals surface area contributed by atoms with E-state index in [0.717, 1.165) is 16.7 Å². The maximum atomic E-state index is 13.6. The Morgan fingerprint density at radius 2 is 1.76 bits per heavy atom. The highest BCUT2D eigenvalue weighted by atomic mass is 32.2. The molecule has 1 aromatic heterocycles. The summed E-state index contributed by atoms with van der Waals surface area (Å²) in [5.74, 6) is 0.723. The zero-order valence-electron chi connectivity index (χ0n) is 22.9. The summed E-state index contributed by atoms with van der Waals surface area (Å²) >= 11 is 0. The van der Waals surface area contributed by atoms with E-state index < -0.39 is 27.4 Å². The van der Waals surface area contributed by atoms with Crippen molar-refractivity contribution in [1.82, 2.24) is 14.2 Å². The minimum Gasteiger partial charge on any atom is -0.486 e. The van der Waals surface area contributed by atoms with E-state index in [0.29, 0.717) is 49.7 Å². The number of carbonyl (C=O) groups excluding carboxylic acids is 1. The van der Waals surface area contributed by atoms with Crippen LogP contribution in [0.25, 0.3) is 10.9 Å². The molecule has 4 aromatic rings. The van der Waals surface area contributed by atoms with Crippen molar-refractivity contribution in [3.8, 4) is 11.5 Å². The van der Waals surface area contributed by atoms with Crippen LogP contribution in [0.1, 0.15) is 46.9 Å². The third-order valence-electron chi connectivity index (χ3n) is 7.78. The second-order valence-electron chi connectivity index (χ2n) is 10.3. The lowest BCUT2D eigenvalue weighted by Crippen LogP contribution is -2.36. The zero-order valence-corrected chi connectivity index (χ0v) is 23.7. The SMILES string of the molecule is CCn1cc(C(=O)N[C@H](C)c2ccc3c(c2)OCCO3)c(=O)c2cc(S(=O)(=O)N3CCc4ccccc4C3)ccc21. The first-order chi connectivity index (χ1) is 19.8. The van der Waals surface area contributed by atoms with Gasteiger partial charge in [0.15, 0.2) is 11.5 Å². The van der Waals surface area contributed by atoms with E-state index in [2.05, 4.69) is 5.32 Å². The summed E-state index contributed by atoms with van der Waals surface area (Å²) in [4.78, 5) is 27.1. The Bertz CT molecular complexity index is 1830. The highest BCUT2D eigenvalue weighted by molar-refractivity contribution is 7.89. The number of amides is 1. The average Bonchev–Trinajstić information content (AvgIpc) is 3.00. The van der Waals surface area contributed by atoms with Gasteiger partial charge in [-0.2, -0.15) is 4.31 Å². The van der Waals surface area contributed by atoms with Crippen LogP contribution >= 0.6 is 0 Å². The lowest BCUT2D eigenvalue weighted by atomic mass is 10.0. The Morgan fingerprint density at radius 3 is 2.54 bits per heavy atom. The van der Waals surface area contributed by atoms with Crippen molar-refractivity contribution in [2.24, 2.45) is 0 Å². The third kappa shape index (κ3) is 4.98. The zero-order chi connectivity index (χ0) is 28.7. The molecule has 3 heterocycles. The van der Waals surface area contributed by atoms with Gasteiger partial charge in [-0.05, 0) is 67.3 Å². The van der Waals surface area contributed by atoms with Crippen molar-refractivity contribution in [3.63, 3.8) is 0 Å². The van der Waals surface area contributed by atoms with Crippen LogP contribution in [0.3, 0.4) is 0 Å². The molecule has 1 amide bonds. The summed E-state index contributed by atoms with van der Waals surface area (Å²) in [6, 6.07) is 17.4. The van der Waals surface area contributed by atoms with Crippen molar-refractivity contribution >= 4 is 26.8 Å². The van der Waals surface area contributed by atoms with Crippen LogP contribution in [0, 0.1) is 0 Å². The van der Waals surface area contributed by atoms with E-state index in [-0.39, 0.29) is 22.4 Å². The van der Waals surface area contributed by atoms with Gasteiger partial charge in [0.25, 0.3) is 5.91 Å². The van der Waals surface area contributed by atoms with E-state index in [4.69, 9.17) is 9.47 Å². The van der Waals surface area contributed by atoms with Gasteiger partial charge in [0.1, 0.15) is 18.8 Å². The second kappa shape index (κ2) is 10.7. The van der Waals surface area contributed by atoms with Gasteiger partial charge in [0, 0.05) is 31.2 Å². The van der Waals surface area contributed by atoms with Gasteiger partial charge < -0.3 is 19.4 Å². The first kappa shape index (κ1) is 27.0. The smallest absolute Gasteiger partial charge is 0.257 e. The van der Waals surface area contributed by atoms with Crippen LogP contribution in [0.5, 0.6) is 11.5 Å². The van der Waals surface area contributed by atoms with Crippen LogP contribution in [-0.2, 0) is 29.5 Å². The number of ether oxygens (including phenoxy) is 2. The Kier molecular flexibility index (Phi) is 7.04. The molecule has 1 N–H and O–H groups in total. The molecule has 0 saturated carbocycles. The predicted octanol–water partition coefficient (Wildman–Crippen LogP) is 4.03. The summed E-state index contributed by atoms with van der Waals surface area (Å²) in [5.41, 5.74) is 2.92. The van der Waals surface area contributed by atoms with Gasteiger partial charge >= 0.3 is 0 Å². The average molecular weight is 574 g/mol. The Labute approximate surface area is 238 Å². The van der Waals surface area contributed by atoms with Crippen molar-refractivity contribution in [2.75, 3.05) is 19.8 Å². The second-order valence-corrected chi connectivity index (χ2v) is 12.2. The fraction of sp³-hybridized carbons (Fsp3) is 0.290. The van der Waals surface area contributed by atoms with Gasteiger partial charge in [-0.25, -0.2) is 8.42 Å². The largest absolute Gasteiger partial charge is 0.486 e. The molecule has 0 bridgehead atoms. The normalized spacial score (nSPS) is 15.8. The Balaban J connectivity index is 1.32. The molecule has 41 heavy (non-hydrogen) atoms. The van der Waals surface area contributed by atoms with Crippen LogP contribution in [0.2, 0.25) is 0 Å². The number of nitrogens with one attached hydrogen (secondary N) is 1. The number of aromatic nitrogens is 1. The van der Waals surface area contributed by atoms with Crippen LogP contribution in [-0.4, -0.2) is 43.0 Å². The number of nitrogens with zero attached hydrogens (tertiary/aromatic N) is 2. The van der Waals surface area contributed by atoms with Gasteiger partial charge in [-0.1, -0.05) is 30.3 Å². The maximum Gasteiger partial charge on any atom is 0.257 e. The molecule has 0 fully saturated rings. The standard InChI is InChI=1S/C31H31N3O6S/c1-3-33-19-26(31(36)32-20(2)22-8-11-28-29(16-22)40-15-14-39-28)30(35)25-17-24(9-10-27(25)33)41(37,38)34-13-12-21-6-4-5-7-23(21)18-34/h4-11,16-17,19-20H,3,12-15,18H2,1-2H3,(H,32,36)/t20-/m1/s1. The van der Waals surface area contributed by atoms with Gasteiger partial charge in [0.2, 0.25) is 15.5 Å². The molecule has 6 rings (SSSR count). The lowest BCUT2D eigenvalue weighted by molar-refractivity contribution is 0.0938. The van der Waals surface area contributed by atoms with Crippen molar-refractivity contribution in [3.05, 3.63) is 99.3 Å². The van der Waals surface area contributed by atoms with E-state index in [1.165, 1.54) is 22.6 Å². The molecule has 10 heteroatoms. The van der Waals surface area contributed by atoms with Gasteiger partial charge in [-0.15, -0.1) is 0 Å². The Hall–Kier alpha value is -4.15. The molecule has 3 aromatic carbocycles. The van der Waals surface area contributed by atoms with Crippen molar-refractivity contribution in [2.45, 2.75) is 44.3 Å². The van der Waals surface area contributed by atoms with Crippen molar-refractivity contribution in [1.29, 1.82) is 0 Å². The van der Waals surface area contributed by atoms with Crippen LogP contribution in [0.4, 0.5) is 0 Å². The molecular formula is C31H31N3O6S. The molecule has 2 aliphatic rings. The monoisotopic (exact) mass is 573 g/mol. The number of carbonyl (C=O) groups is 1. The number of hydrogen-bond donors (Lipinski definition) is 1. The van der Waals surface area contributed by atoms with E-state index in [1.54, 1.807) is 16.7 Å². The third-order valence-corrected chi connectivity index (χ3v) is 9.63. The fourth-order valence-electron chi connectivity index (χ4n) is 5.47. The minimum absolute atomic E-state index is 0.0336. The Morgan fingerprint density at radius 1 is 1.00 bits per heavy atom. The van der Waals surface area contributed by atoms with E-state index in [1.807, 2.05) is 50.2 Å². The van der Waals surface area contributed by atoms with Crippen LogP contribution in [0.15, 0.2) is 76.6 Å². The summed E-state index contributed by atoms with van der Waals surface area (Å²) in [5, 5.41) is 3.09. The molecule has 212 valence electrons. The number of aryl methyl sites for hydroxylation is 1. The number of sulfonamides is 1. The molecular weight excluding hydrogens is 542 g/mol.